The standard InChI is InChI=1S/C18H28N6O2S/c1-18(2,3)26-17(25)24-12-10-23(11-13-24)9-8-20-16(27)22-21-14-15-6-4-5-7-19-15/h4-7,14H,8-13H2,1-3H3,(H2,20,22,27)/b21-14+. The van der Waals surface area contributed by atoms with Crippen LogP contribution in [0.4, 0.5) is 4.79 Å². The first kappa shape index (κ1) is 21.0. The molecule has 8 nitrogen and oxygen atoms in total. The molecule has 1 fully saturated rings. The van der Waals surface area contributed by atoms with Gasteiger partial charge in [-0.05, 0) is 45.1 Å². The first-order valence-electron chi connectivity index (χ1n) is 9.02. The third kappa shape index (κ3) is 8.31. The van der Waals surface area contributed by atoms with Gasteiger partial charge >= 0.3 is 6.09 Å². The minimum absolute atomic E-state index is 0.239. The molecule has 1 amide bonds. The maximum absolute atomic E-state index is 12.1. The Bertz CT molecular complexity index is 639. The second kappa shape index (κ2) is 10.2. The third-order valence-corrected chi connectivity index (χ3v) is 4.02. The van der Waals surface area contributed by atoms with E-state index < -0.39 is 5.60 Å². The lowest BCUT2D eigenvalue weighted by Crippen LogP contribution is -2.51. The van der Waals surface area contributed by atoms with Crippen molar-refractivity contribution in [2.24, 2.45) is 5.10 Å². The summed E-state index contributed by atoms with van der Waals surface area (Å²) in [7, 11) is 0. The van der Waals surface area contributed by atoms with Crippen molar-refractivity contribution in [3.05, 3.63) is 30.1 Å². The van der Waals surface area contributed by atoms with Crippen molar-refractivity contribution in [3.8, 4) is 0 Å². The highest BCUT2D eigenvalue weighted by atomic mass is 32.1. The second-order valence-corrected chi connectivity index (χ2v) is 7.60. The molecule has 2 heterocycles. The van der Waals surface area contributed by atoms with Crippen LogP contribution in [0.3, 0.4) is 0 Å². The molecule has 148 valence electrons. The molecule has 1 aromatic heterocycles. The molecule has 2 N–H and O–H groups in total. The van der Waals surface area contributed by atoms with Crippen LogP contribution in [0, 0.1) is 0 Å². The average Bonchev–Trinajstić information content (AvgIpc) is 2.62. The number of aromatic nitrogens is 1. The van der Waals surface area contributed by atoms with Crippen molar-refractivity contribution in [3.63, 3.8) is 0 Å². The highest BCUT2D eigenvalue weighted by molar-refractivity contribution is 7.80. The molecular formula is C18H28N6O2S. The number of amides is 1. The molecule has 2 rings (SSSR count). The summed E-state index contributed by atoms with van der Waals surface area (Å²) in [6, 6.07) is 5.61. The predicted octanol–water partition coefficient (Wildman–Crippen LogP) is 1.43. The van der Waals surface area contributed by atoms with E-state index in [1.165, 1.54) is 0 Å². The van der Waals surface area contributed by atoms with Gasteiger partial charge in [0.2, 0.25) is 0 Å². The Hall–Kier alpha value is -2.26. The SMILES string of the molecule is CC(C)(C)OC(=O)N1CCN(CCNC(=S)N/N=C/c2ccccn2)CC1. The summed E-state index contributed by atoms with van der Waals surface area (Å²) in [5, 5.41) is 7.64. The van der Waals surface area contributed by atoms with Gasteiger partial charge < -0.3 is 15.0 Å². The van der Waals surface area contributed by atoms with E-state index in [9.17, 15) is 4.79 Å². The molecule has 0 aromatic carbocycles. The summed E-state index contributed by atoms with van der Waals surface area (Å²) in [5.41, 5.74) is 3.08. The molecular weight excluding hydrogens is 364 g/mol. The Morgan fingerprint density at radius 1 is 1.33 bits per heavy atom. The molecule has 27 heavy (non-hydrogen) atoms. The molecule has 0 saturated carbocycles. The van der Waals surface area contributed by atoms with Crippen LogP contribution in [-0.2, 0) is 4.74 Å². The quantitative estimate of drug-likeness (QED) is 0.446. The number of hydrogen-bond acceptors (Lipinski definition) is 6. The summed E-state index contributed by atoms with van der Waals surface area (Å²) in [5.74, 6) is 0. The van der Waals surface area contributed by atoms with Gasteiger partial charge in [0.1, 0.15) is 5.60 Å². The summed E-state index contributed by atoms with van der Waals surface area (Å²) in [6.45, 7) is 10.2. The zero-order valence-corrected chi connectivity index (χ0v) is 17.0. The molecule has 0 spiro atoms. The normalized spacial score (nSPS) is 15.6. The van der Waals surface area contributed by atoms with E-state index in [0.717, 1.165) is 25.3 Å². The second-order valence-electron chi connectivity index (χ2n) is 7.19. The van der Waals surface area contributed by atoms with Gasteiger partial charge in [-0.25, -0.2) is 4.79 Å². The van der Waals surface area contributed by atoms with Gasteiger partial charge in [-0.1, -0.05) is 6.07 Å². The Balaban J connectivity index is 1.59. The fourth-order valence-electron chi connectivity index (χ4n) is 2.46. The zero-order chi connectivity index (χ0) is 19.7. The highest BCUT2D eigenvalue weighted by Gasteiger charge is 2.25. The highest BCUT2D eigenvalue weighted by Crippen LogP contribution is 2.11. The first-order chi connectivity index (χ1) is 12.8. The number of pyridine rings is 1. The van der Waals surface area contributed by atoms with Gasteiger partial charge in [0.05, 0.1) is 11.9 Å². The molecule has 1 aliphatic rings. The summed E-state index contributed by atoms with van der Waals surface area (Å²) in [4.78, 5) is 20.2. The number of nitrogens with one attached hydrogen (secondary N) is 2. The van der Waals surface area contributed by atoms with Crippen molar-refractivity contribution >= 4 is 29.6 Å². The Labute approximate surface area is 166 Å². The average molecular weight is 393 g/mol. The van der Waals surface area contributed by atoms with Crippen LogP contribution < -0.4 is 10.7 Å². The van der Waals surface area contributed by atoms with E-state index in [1.54, 1.807) is 17.3 Å². The van der Waals surface area contributed by atoms with Gasteiger partial charge in [-0.2, -0.15) is 5.10 Å². The third-order valence-electron chi connectivity index (χ3n) is 3.79. The number of thiocarbonyl (C=S) groups is 1. The maximum atomic E-state index is 12.1. The van der Waals surface area contributed by atoms with E-state index >= 15 is 0 Å². The van der Waals surface area contributed by atoms with Crippen molar-refractivity contribution < 1.29 is 9.53 Å². The maximum Gasteiger partial charge on any atom is 0.410 e. The number of nitrogens with zero attached hydrogens (tertiary/aromatic N) is 4. The number of rotatable bonds is 5. The van der Waals surface area contributed by atoms with Crippen molar-refractivity contribution in [1.29, 1.82) is 0 Å². The van der Waals surface area contributed by atoms with Crippen LogP contribution in [0.1, 0.15) is 26.5 Å². The van der Waals surface area contributed by atoms with Crippen molar-refractivity contribution in [1.82, 2.24) is 25.5 Å². The summed E-state index contributed by atoms with van der Waals surface area (Å²) < 4.78 is 5.41. The molecule has 0 bridgehead atoms. The monoisotopic (exact) mass is 392 g/mol. The molecule has 0 atom stereocenters. The van der Waals surface area contributed by atoms with E-state index in [-0.39, 0.29) is 6.09 Å². The van der Waals surface area contributed by atoms with Gasteiger partial charge in [-0.3, -0.25) is 15.3 Å². The fraction of sp³-hybridized carbons (Fsp3) is 0.556. The Morgan fingerprint density at radius 2 is 2.07 bits per heavy atom. The molecule has 0 radical (unpaired) electrons. The molecule has 9 heteroatoms. The number of ether oxygens (including phenoxy) is 1. The minimum atomic E-state index is -0.458. The smallest absolute Gasteiger partial charge is 0.410 e. The Kier molecular flexibility index (Phi) is 7.93. The fourth-order valence-corrected chi connectivity index (χ4v) is 2.61. The van der Waals surface area contributed by atoms with E-state index in [2.05, 4.69) is 25.7 Å². The molecule has 0 aliphatic carbocycles. The van der Waals surface area contributed by atoms with Crippen LogP contribution in [0.15, 0.2) is 29.5 Å². The van der Waals surface area contributed by atoms with E-state index in [0.29, 0.717) is 24.7 Å². The lowest BCUT2D eigenvalue weighted by atomic mass is 10.2. The summed E-state index contributed by atoms with van der Waals surface area (Å²) >= 11 is 5.20. The van der Waals surface area contributed by atoms with Crippen molar-refractivity contribution in [2.45, 2.75) is 26.4 Å². The Morgan fingerprint density at radius 3 is 2.70 bits per heavy atom. The van der Waals surface area contributed by atoms with Gasteiger partial charge in [0.25, 0.3) is 0 Å². The largest absolute Gasteiger partial charge is 0.444 e. The molecule has 1 saturated heterocycles. The molecule has 0 unspecified atom stereocenters. The van der Waals surface area contributed by atoms with Crippen LogP contribution in [0.25, 0.3) is 0 Å². The molecule has 1 aromatic rings. The van der Waals surface area contributed by atoms with Crippen LogP contribution >= 0.6 is 12.2 Å². The topological polar surface area (TPSA) is 82.1 Å². The lowest BCUT2D eigenvalue weighted by molar-refractivity contribution is 0.0147. The van der Waals surface area contributed by atoms with E-state index in [4.69, 9.17) is 17.0 Å². The van der Waals surface area contributed by atoms with Gasteiger partial charge in [-0.15, -0.1) is 0 Å². The predicted molar refractivity (Wildman–Crippen MR) is 110 cm³/mol. The van der Waals surface area contributed by atoms with Crippen molar-refractivity contribution in [2.75, 3.05) is 39.3 Å². The first-order valence-corrected chi connectivity index (χ1v) is 9.42. The van der Waals surface area contributed by atoms with Gasteiger partial charge in [0, 0.05) is 45.5 Å². The number of hydrazone groups is 1. The molecule has 1 aliphatic heterocycles. The number of carbonyl (C=O) groups excluding carboxylic acids is 1. The lowest BCUT2D eigenvalue weighted by Gasteiger charge is -2.35. The number of carbonyl (C=O) groups is 1. The van der Waals surface area contributed by atoms with E-state index in [1.807, 2.05) is 39.0 Å². The summed E-state index contributed by atoms with van der Waals surface area (Å²) in [6.07, 6.45) is 3.08. The number of hydrogen-bond donors (Lipinski definition) is 2. The minimum Gasteiger partial charge on any atom is -0.444 e. The van der Waals surface area contributed by atoms with Crippen LogP contribution in [0.5, 0.6) is 0 Å². The van der Waals surface area contributed by atoms with Gasteiger partial charge in [0.15, 0.2) is 5.11 Å². The van der Waals surface area contributed by atoms with Crippen LogP contribution in [0.2, 0.25) is 0 Å². The number of piperazine rings is 1. The zero-order valence-electron chi connectivity index (χ0n) is 16.1. The van der Waals surface area contributed by atoms with Crippen LogP contribution in [-0.4, -0.2) is 77.1 Å².